The molecule has 0 N–H and O–H groups in total. The fourth-order valence-electron chi connectivity index (χ4n) is 3.40. The van der Waals surface area contributed by atoms with Crippen LogP contribution in [-0.4, -0.2) is 31.6 Å². The highest BCUT2D eigenvalue weighted by Gasteiger charge is 2.52. The van der Waals surface area contributed by atoms with Crippen molar-refractivity contribution in [1.29, 1.82) is 0 Å². The molecule has 1 aliphatic heterocycles. The molecule has 3 rings (SSSR count). The number of aryl methyl sites for hydroxylation is 1. The number of hydrogen-bond donors (Lipinski definition) is 0. The third kappa shape index (κ3) is 3.91. The maximum absolute atomic E-state index is 6.72. The molecule has 0 saturated carbocycles. The fourth-order valence-corrected chi connectivity index (χ4v) is 4.69. The van der Waals surface area contributed by atoms with E-state index in [0.29, 0.717) is 0 Å². The first kappa shape index (κ1) is 21.0. The van der Waals surface area contributed by atoms with Crippen LogP contribution in [0.2, 0.25) is 18.1 Å². The van der Waals surface area contributed by atoms with Gasteiger partial charge in [-0.15, -0.1) is 0 Å². The highest BCUT2D eigenvalue weighted by atomic mass is 28.4. The van der Waals surface area contributed by atoms with Crippen molar-refractivity contribution in [2.45, 2.75) is 103 Å². The Morgan fingerprint density at radius 2 is 1.74 bits per heavy atom. The van der Waals surface area contributed by atoms with Crippen LogP contribution in [0.25, 0.3) is 0 Å². The molecule has 0 bridgehead atoms. The summed E-state index contributed by atoms with van der Waals surface area (Å²) in [6.07, 6.45) is 5.28. The molecule has 6 heteroatoms. The molecule has 1 aliphatic carbocycles. The molecule has 0 spiro atoms. The maximum atomic E-state index is 6.72. The lowest BCUT2D eigenvalue weighted by atomic mass is 9.78. The van der Waals surface area contributed by atoms with Gasteiger partial charge < -0.3 is 13.7 Å². The molecule has 1 aromatic heterocycles. The zero-order valence-corrected chi connectivity index (χ0v) is 19.6. The van der Waals surface area contributed by atoms with Crippen LogP contribution < -0.4 is 5.46 Å². The summed E-state index contributed by atoms with van der Waals surface area (Å²) in [6, 6.07) is 2.23. The zero-order chi connectivity index (χ0) is 20.3. The van der Waals surface area contributed by atoms with E-state index in [1.807, 2.05) is 6.20 Å². The van der Waals surface area contributed by atoms with Crippen LogP contribution in [0, 0.1) is 0 Å². The zero-order valence-electron chi connectivity index (χ0n) is 18.6. The maximum Gasteiger partial charge on any atom is 0.496 e. The Morgan fingerprint density at radius 3 is 2.30 bits per heavy atom. The molecule has 0 radical (unpaired) electrons. The van der Waals surface area contributed by atoms with Gasteiger partial charge in [0.15, 0.2) is 8.32 Å². The van der Waals surface area contributed by atoms with Crippen molar-refractivity contribution < 1.29 is 13.7 Å². The highest BCUT2D eigenvalue weighted by molar-refractivity contribution is 6.74. The van der Waals surface area contributed by atoms with Crippen LogP contribution >= 0.6 is 0 Å². The van der Waals surface area contributed by atoms with Gasteiger partial charge in [0.05, 0.1) is 23.0 Å². The van der Waals surface area contributed by atoms with Crippen LogP contribution in [0.4, 0.5) is 0 Å². The largest absolute Gasteiger partial charge is 0.496 e. The van der Waals surface area contributed by atoms with Gasteiger partial charge in [0.25, 0.3) is 0 Å². The SMILES string of the molecule is CC1(C)OB(c2cnc3c(c2)CCCC3O[Si](C)(C)C(C)(C)C)OC1(C)C. The van der Waals surface area contributed by atoms with Crippen LogP contribution in [0.3, 0.4) is 0 Å². The third-order valence-corrected chi connectivity index (χ3v) is 11.5. The topological polar surface area (TPSA) is 40.6 Å². The first-order valence-corrected chi connectivity index (χ1v) is 13.2. The highest BCUT2D eigenvalue weighted by Crippen LogP contribution is 2.42. The van der Waals surface area contributed by atoms with E-state index in [0.717, 1.165) is 30.4 Å². The van der Waals surface area contributed by atoms with E-state index in [1.165, 1.54) is 5.56 Å². The third-order valence-electron chi connectivity index (χ3n) is 7.01. The molecule has 27 heavy (non-hydrogen) atoms. The van der Waals surface area contributed by atoms with E-state index < -0.39 is 8.32 Å². The van der Waals surface area contributed by atoms with E-state index in [9.17, 15) is 0 Å². The van der Waals surface area contributed by atoms with E-state index in [-0.39, 0.29) is 29.5 Å². The Kier molecular flexibility index (Phi) is 5.21. The average molecular weight is 389 g/mol. The second kappa shape index (κ2) is 6.68. The summed E-state index contributed by atoms with van der Waals surface area (Å²) < 4.78 is 19.1. The summed E-state index contributed by atoms with van der Waals surface area (Å²) in [4.78, 5) is 4.84. The first-order chi connectivity index (χ1) is 12.2. The molecule has 1 unspecified atom stereocenters. The van der Waals surface area contributed by atoms with Gasteiger partial charge in [0, 0.05) is 11.7 Å². The van der Waals surface area contributed by atoms with E-state index in [1.54, 1.807) is 0 Å². The van der Waals surface area contributed by atoms with Gasteiger partial charge in [-0.3, -0.25) is 4.98 Å². The van der Waals surface area contributed by atoms with Crippen LogP contribution in [0.15, 0.2) is 12.3 Å². The number of aromatic nitrogens is 1. The van der Waals surface area contributed by atoms with Crippen molar-refractivity contribution in [2.75, 3.05) is 0 Å². The van der Waals surface area contributed by atoms with E-state index in [4.69, 9.17) is 18.7 Å². The predicted molar refractivity (Wildman–Crippen MR) is 114 cm³/mol. The van der Waals surface area contributed by atoms with Crippen molar-refractivity contribution >= 4 is 20.9 Å². The normalized spacial score (nSPS) is 24.8. The van der Waals surface area contributed by atoms with Crippen molar-refractivity contribution in [3.8, 4) is 0 Å². The standard InChI is InChI=1S/C21H36BNO3Si/c1-19(2,3)27(8,9)24-17-12-10-11-15-13-16(14-23-18(15)17)22-25-20(4,5)21(6,7)26-22/h13-14,17H,10-12H2,1-9H3. The van der Waals surface area contributed by atoms with Crippen molar-refractivity contribution in [3.63, 3.8) is 0 Å². The van der Waals surface area contributed by atoms with Gasteiger partial charge in [0.2, 0.25) is 0 Å². The monoisotopic (exact) mass is 389 g/mol. The molecule has 2 aliphatic rings. The average Bonchev–Trinajstić information content (AvgIpc) is 2.74. The van der Waals surface area contributed by atoms with Crippen molar-refractivity contribution in [3.05, 3.63) is 23.5 Å². The van der Waals surface area contributed by atoms with Gasteiger partial charge in [-0.05, 0) is 70.7 Å². The molecule has 1 atom stereocenters. The predicted octanol–water partition coefficient (Wildman–Crippen LogP) is 4.78. The van der Waals surface area contributed by atoms with E-state index >= 15 is 0 Å². The van der Waals surface area contributed by atoms with Crippen LogP contribution in [0.1, 0.15) is 78.7 Å². The van der Waals surface area contributed by atoms with E-state index in [2.05, 4.69) is 67.6 Å². The molecular formula is C21H36BNO3Si. The van der Waals surface area contributed by atoms with Gasteiger partial charge in [0.1, 0.15) is 0 Å². The Labute approximate surface area is 166 Å². The Balaban J connectivity index is 1.84. The molecule has 0 amide bonds. The molecule has 4 nitrogen and oxygen atoms in total. The molecule has 1 aromatic rings. The number of rotatable bonds is 3. The van der Waals surface area contributed by atoms with Crippen molar-refractivity contribution in [2.24, 2.45) is 0 Å². The Morgan fingerprint density at radius 1 is 1.15 bits per heavy atom. The molecular weight excluding hydrogens is 353 g/mol. The molecule has 2 heterocycles. The lowest BCUT2D eigenvalue weighted by Crippen LogP contribution is -2.42. The summed E-state index contributed by atoms with van der Waals surface area (Å²) in [5.74, 6) is 0. The summed E-state index contributed by atoms with van der Waals surface area (Å²) in [5, 5.41) is 0.202. The minimum Gasteiger partial charge on any atom is -0.408 e. The number of pyridine rings is 1. The lowest BCUT2D eigenvalue weighted by molar-refractivity contribution is 0.00578. The van der Waals surface area contributed by atoms with Crippen LogP contribution in [0.5, 0.6) is 0 Å². The Hall–Kier alpha value is -0.688. The fraction of sp³-hybridized carbons (Fsp3) is 0.762. The molecule has 1 saturated heterocycles. The summed E-state index contributed by atoms with van der Waals surface area (Å²) >= 11 is 0. The summed E-state index contributed by atoms with van der Waals surface area (Å²) in [7, 11) is -2.18. The second-order valence-electron chi connectivity index (χ2n) is 10.7. The molecule has 150 valence electrons. The smallest absolute Gasteiger partial charge is 0.408 e. The van der Waals surface area contributed by atoms with Crippen molar-refractivity contribution in [1.82, 2.24) is 4.98 Å². The number of nitrogens with zero attached hydrogens (tertiary/aromatic N) is 1. The number of fused-ring (bicyclic) bond motifs is 1. The van der Waals surface area contributed by atoms with Gasteiger partial charge in [-0.25, -0.2) is 0 Å². The minimum absolute atomic E-state index is 0.113. The summed E-state index contributed by atoms with van der Waals surface area (Å²) in [5.41, 5.74) is 2.76. The van der Waals surface area contributed by atoms with Gasteiger partial charge >= 0.3 is 7.12 Å². The quantitative estimate of drug-likeness (QED) is 0.698. The van der Waals surface area contributed by atoms with Gasteiger partial charge in [-0.2, -0.15) is 0 Å². The Bertz CT molecular complexity index is 696. The molecule has 0 aromatic carbocycles. The lowest BCUT2D eigenvalue weighted by Gasteiger charge is -2.40. The summed E-state index contributed by atoms with van der Waals surface area (Å²) in [6.45, 7) is 19.8. The first-order valence-electron chi connectivity index (χ1n) is 10.3. The number of hydrogen-bond acceptors (Lipinski definition) is 4. The van der Waals surface area contributed by atoms with Gasteiger partial charge in [-0.1, -0.05) is 26.8 Å². The minimum atomic E-state index is -1.83. The second-order valence-corrected chi connectivity index (χ2v) is 15.4. The van der Waals surface area contributed by atoms with Crippen LogP contribution in [-0.2, 0) is 20.2 Å². The molecule has 1 fully saturated rings.